The third-order valence-corrected chi connectivity index (χ3v) is 2.51. The van der Waals surface area contributed by atoms with Gasteiger partial charge in [0, 0.05) is 6.42 Å². The number of aryl methyl sites for hydroxylation is 2. The Bertz CT molecular complexity index is 307. The van der Waals surface area contributed by atoms with Gasteiger partial charge in [-0.05, 0) is 31.9 Å². The molecule has 1 aromatic rings. The van der Waals surface area contributed by atoms with E-state index in [2.05, 4.69) is 13.0 Å². The molecule has 0 amide bonds. The SMILES string of the molecule is CCC(O)CCOc1ccc(C)cc1C. The van der Waals surface area contributed by atoms with Gasteiger partial charge in [-0.25, -0.2) is 0 Å². The Morgan fingerprint density at radius 1 is 1.33 bits per heavy atom. The Morgan fingerprint density at radius 3 is 2.67 bits per heavy atom. The van der Waals surface area contributed by atoms with Crippen LogP contribution in [0.3, 0.4) is 0 Å². The summed E-state index contributed by atoms with van der Waals surface area (Å²) in [6.07, 6.45) is 1.25. The molecule has 0 aliphatic heterocycles. The largest absolute Gasteiger partial charge is 0.493 e. The second-order valence-corrected chi connectivity index (χ2v) is 3.97. The van der Waals surface area contributed by atoms with Crippen molar-refractivity contribution < 1.29 is 9.84 Å². The number of rotatable bonds is 5. The fraction of sp³-hybridized carbons (Fsp3) is 0.538. The summed E-state index contributed by atoms with van der Waals surface area (Å²) in [5.74, 6) is 0.920. The molecule has 0 saturated heterocycles. The average Bonchev–Trinajstić information content (AvgIpc) is 2.21. The van der Waals surface area contributed by atoms with Crippen molar-refractivity contribution in [1.29, 1.82) is 0 Å². The third-order valence-electron chi connectivity index (χ3n) is 2.51. The first kappa shape index (κ1) is 12.1. The zero-order valence-corrected chi connectivity index (χ0v) is 9.79. The van der Waals surface area contributed by atoms with Gasteiger partial charge in [0.05, 0.1) is 12.7 Å². The van der Waals surface area contributed by atoms with Crippen LogP contribution in [-0.2, 0) is 0 Å². The lowest BCUT2D eigenvalue weighted by Crippen LogP contribution is -2.10. The standard InChI is InChI=1S/C13H20O2/c1-4-12(14)7-8-15-13-6-5-10(2)9-11(13)3/h5-6,9,12,14H,4,7-8H2,1-3H3. The van der Waals surface area contributed by atoms with Crippen LogP contribution in [0, 0.1) is 13.8 Å². The Morgan fingerprint density at radius 2 is 2.07 bits per heavy atom. The van der Waals surface area contributed by atoms with E-state index in [1.807, 2.05) is 26.0 Å². The Labute approximate surface area is 91.9 Å². The number of benzene rings is 1. The lowest BCUT2D eigenvalue weighted by atomic mass is 10.1. The topological polar surface area (TPSA) is 29.5 Å². The molecule has 2 nitrogen and oxygen atoms in total. The molecule has 1 unspecified atom stereocenters. The van der Waals surface area contributed by atoms with Crippen molar-refractivity contribution in [3.63, 3.8) is 0 Å². The maximum absolute atomic E-state index is 9.37. The van der Waals surface area contributed by atoms with Crippen molar-refractivity contribution in [3.05, 3.63) is 29.3 Å². The first-order valence-corrected chi connectivity index (χ1v) is 5.51. The molecule has 0 spiro atoms. The van der Waals surface area contributed by atoms with Crippen molar-refractivity contribution in [3.8, 4) is 5.75 Å². The molecule has 0 saturated carbocycles. The molecule has 2 heteroatoms. The highest BCUT2D eigenvalue weighted by atomic mass is 16.5. The zero-order chi connectivity index (χ0) is 11.3. The molecule has 15 heavy (non-hydrogen) atoms. The minimum Gasteiger partial charge on any atom is -0.493 e. The maximum atomic E-state index is 9.37. The maximum Gasteiger partial charge on any atom is 0.122 e. The first-order chi connectivity index (χ1) is 7.13. The van der Waals surface area contributed by atoms with Gasteiger partial charge in [-0.1, -0.05) is 24.6 Å². The highest BCUT2D eigenvalue weighted by Crippen LogP contribution is 2.18. The molecule has 0 radical (unpaired) electrons. The van der Waals surface area contributed by atoms with Crippen molar-refractivity contribution in [2.75, 3.05) is 6.61 Å². The van der Waals surface area contributed by atoms with Gasteiger partial charge in [0.25, 0.3) is 0 Å². The molecule has 0 fully saturated rings. The predicted molar refractivity (Wildman–Crippen MR) is 62.3 cm³/mol. The molecule has 0 aliphatic carbocycles. The van der Waals surface area contributed by atoms with Crippen LogP contribution in [-0.4, -0.2) is 17.8 Å². The summed E-state index contributed by atoms with van der Waals surface area (Å²) in [6, 6.07) is 6.13. The van der Waals surface area contributed by atoms with E-state index in [0.29, 0.717) is 13.0 Å². The van der Waals surface area contributed by atoms with Crippen molar-refractivity contribution in [2.24, 2.45) is 0 Å². The smallest absolute Gasteiger partial charge is 0.122 e. The molecule has 1 aromatic carbocycles. The lowest BCUT2D eigenvalue weighted by molar-refractivity contribution is 0.135. The molecule has 0 bridgehead atoms. The second-order valence-electron chi connectivity index (χ2n) is 3.97. The Hall–Kier alpha value is -1.02. The van der Waals surface area contributed by atoms with E-state index in [0.717, 1.165) is 17.7 Å². The van der Waals surface area contributed by atoms with E-state index in [4.69, 9.17) is 4.74 Å². The normalized spacial score (nSPS) is 12.5. The van der Waals surface area contributed by atoms with E-state index in [-0.39, 0.29) is 6.10 Å². The monoisotopic (exact) mass is 208 g/mol. The van der Waals surface area contributed by atoms with Crippen LogP contribution in [0.2, 0.25) is 0 Å². The van der Waals surface area contributed by atoms with E-state index in [1.54, 1.807) is 0 Å². The molecular weight excluding hydrogens is 188 g/mol. The van der Waals surface area contributed by atoms with Gasteiger partial charge in [-0.2, -0.15) is 0 Å². The number of aliphatic hydroxyl groups excluding tert-OH is 1. The van der Waals surface area contributed by atoms with Crippen LogP contribution < -0.4 is 4.74 Å². The summed E-state index contributed by atoms with van der Waals surface area (Å²) in [5.41, 5.74) is 2.40. The summed E-state index contributed by atoms with van der Waals surface area (Å²) >= 11 is 0. The Balaban J connectivity index is 2.44. The quantitative estimate of drug-likeness (QED) is 0.806. The number of hydrogen-bond acceptors (Lipinski definition) is 2. The van der Waals surface area contributed by atoms with Crippen LogP contribution in [0.5, 0.6) is 5.75 Å². The van der Waals surface area contributed by atoms with Crippen molar-refractivity contribution in [1.82, 2.24) is 0 Å². The summed E-state index contributed by atoms with van der Waals surface area (Å²) in [5, 5.41) is 9.37. The molecule has 0 aliphatic rings. The van der Waals surface area contributed by atoms with Gasteiger partial charge in [0.2, 0.25) is 0 Å². The van der Waals surface area contributed by atoms with Crippen LogP contribution in [0.4, 0.5) is 0 Å². The molecular formula is C13H20O2. The predicted octanol–water partition coefficient (Wildman–Crippen LogP) is 2.84. The minimum atomic E-state index is -0.240. The summed E-state index contributed by atoms with van der Waals surface area (Å²) in [7, 11) is 0. The van der Waals surface area contributed by atoms with Gasteiger partial charge in [0.1, 0.15) is 5.75 Å². The first-order valence-electron chi connectivity index (χ1n) is 5.51. The number of hydrogen-bond donors (Lipinski definition) is 1. The van der Waals surface area contributed by atoms with E-state index >= 15 is 0 Å². The third kappa shape index (κ3) is 3.92. The minimum absolute atomic E-state index is 0.240. The fourth-order valence-electron chi connectivity index (χ4n) is 1.47. The van der Waals surface area contributed by atoms with Gasteiger partial charge in [-0.15, -0.1) is 0 Å². The molecule has 1 atom stereocenters. The van der Waals surface area contributed by atoms with E-state index in [1.165, 1.54) is 5.56 Å². The summed E-state index contributed by atoms with van der Waals surface area (Å²) in [6.45, 7) is 6.66. The van der Waals surface area contributed by atoms with E-state index in [9.17, 15) is 5.11 Å². The van der Waals surface area contributed by atoms with Gasteiger partial charge >= 0.3 is 0 Å². The zero-order valence-electron chi connectivity index (χ0n) is 9.79. The average molecular weight is 208 g/mol. The van der Waals surface area contributed by atoms with Crippen molar-refractivity contribution in [2.45, 2.75) is 39.7 Å². The Kier molecular flexibility index (Phi) is 4.63. The molecule has 84 valence electrons. The van der Waals surface area contributed by atoms with Crippen LogP contribution >= 0.6 is 0 Å². The molecule has 0 aromatic heterocycles. The highest BCUT2D eigenvalue weighted by Gasteiger charge is 2.02. The van der Waals surface area contributed by atoms with Crippen LogP contribution in [0.25, 0.3) is 0 Å². The number of aliphatic hydroxyl groups is 1. The molecule has 1 rings (SSSR count). The summed E-state index contributed by atoms with van der Waals surface area (Å²) < 4.78 is 5.60. The number of ether oxygens (including phenoxy) is 1. The second kappa shape index (κ2) is 5.76. The highest BCUT2D eigenvalue weighted by molar-refractivity contribution is 5.35. The van der Waals surface area contributed by atoms with Crippen LogP contribution in [0.1, 0.15) is 30.9 Å². The lowest BCUT2D eigenvalue weighted by Gasteiger charge is -2.11. The van der Waals surface area contributed by atoms with Gasteiger partial charge in [0.15, 0.2) is 0 Å². The fourth-order valence-corrected chi connectivity index (χ4v) is 1.47. The van der Waals surface area contributed by atoms with Crippen LogP contribution in [0.15, 0.2) is 18.2 Å². The van der Waals surface area contributed by atoms with Gasteiger partial charge in [-0.3, -0.25) is 0 Å². The molecule has 0 heterocycles. The van der Waals surface area contributed by atoms with E-state index < -0.39 is 0 Å². The van der Waals surface area contributed by atoms with Gasteiger partial charge < -0.3 is 9.84 Å². The molecule has 1 N–H and O–H groups in total. The van der Waals surface area contributed by atoms with Crippen molar-refractivity contribution >= 4 is 0 Å². The summed E-state index contributed by atoms with van der Waals surface area (Å²) in [4.78, 5) is 0.